The van der Waals surface area contributed by atoms with Gasteiger partial charge in [-0.15, -0.1) is 0 Å². The van der Waals surface area contributed by atoms with Gasteiger partial charge in [0.05, 0.1) is 6.04 Å². The number of hydrogen-bond acceptors (Lipinski definition) is 1. The molecule has 0 saturated heterocycles. The van der Waals surface area contributed by atoms with Gasteiger partial charge in [-0.1, -0.05) is 17.7 Å². The summed E-state index contributed by atoms with van der Waals surface area (Å²) in [5.74, 6) is -0.151. The lowest BCUT2D eigenvalue weighted by atomic mass is 10.1. The maximum absolute atomic E-state index is 13.2. The summed E-state index contributed by atoms with van der Waals surface area (Å²) in [7, 11) is 0. The highest BCUT2D eigenvalue weighted by atomic mass is 35.5. The maximum Gasteiger partial charge on any atom is 0.123 e. The van der Waals surface area contributed by atoms with E-state index in [2.05, 4.69) is 5.32 Å². The Hall–Kier alpha value is -1.54. The predicted molar refractivity (Wildman–Crippen MR) is 77.3 cm³/mol. The van der Waals surface area contributed by atoms with Gasteiger partial charge in [-0.25, -0.2) is 4.39 Å². The van der Waals surface area contributed by atoms with Crippen LogP contribution < -0.4 is 5.32 Å². The quantitative estimate of drug-likeness (QED) is 0.823. The minimum Gasteiger partial charge on any atom is -0.378 e. The van der Waals surface area contributed by atoms with E-state index in [0.717, 1.165) is 34.7 Å². The molecular formula is C16H15ClFN. The number of halogens is 2. The molecule has 3 rings (SSSR count). The van der Waals surface area contributed by atoms with E-state index in [0.29, 0.717) is 0 Å². The van der Waals surface area contributed by atoms with Crippen molar-refractivity contribution in [1.29, 1.82) is 0 Å². The number of fused-ring (bicyclic) bond motifs is 1. The van der Waals surface area contributed by atoms with Gasteiger partial charge in [-0.2, -0.15) is 0 Å². The first-order chi connectivity index (χ1) is 9.13. The van der Waals surface area contributed by atoms with Gasteiger partial charge in [-0.3, -0.25) is 0 Å². The van der Waals surface area contributed by atoms with Crippen LogP contribution in [-0.4, -0.2) is 0 Å². The summed E-state index contributed by atoms with van der Waals surface area (Å²) in [5, 5.41) is 4.28. The lowest BCUT2D eigenvalue weighted by molar-refractivity contribution is 0.626. The normalized spacial score (nSPS) is 17.3. The van der Waals surface area contributed by atoms with Crippen LogP contribution in [0, 0.1) is 12.7 Å². The van der Waals surface area contributed by atoms with Crippen LogP contribution in [0.2, 0.25) is 5.02 Å². The van der Waals surface area contributed by atoms with Crippen molar-refractivity contribution in [1.82, 2.24) is 0 Å². The molecule has 1 unspecified atom stereocenters. The van der Waals surface area contributed by atoms with Gasteiger partial charge in [0.25, 0.3) is 0 Å². The van der Waals surface area contributed by atoms with E-state index < -0.39 is 0 Å². The third kappa shape index (κ3) is 2.45. The molecule has 98 valence electrons. The minimum atomic E-state index is -0.151. The van der Waals surface area contributed by atoms with Crippen molar-refractivity contribution >= 4 is 17.3 Å². The highest BCUT2D eigenvalue weighted by Crippen LogP contribution is 2.35. The van der Waals surface area contributed by atoms with Crippen LogP contribution in [0.1, 0.15) is 29.2 Å². The van der Waals surface area contributed by atoms with Gasteiger partial charge in [-0.05, 0) is 66.8 Å². The fraction of sp³-hybridized carbons (Fsp3) is 0.250. The van der Waals surface area contributed by atoms with Crippen molar-refractivity contribution in [2.45, 2.75) is 25.8 Å². The van der Waals surface area contributed by atoms with Crippen molar-refractivity contribution < 1.29 is 4.39 Å². The Morgan fingerprint density at radius 3 is 2.84 bits per heavy atom. The highest BCUT2D eigenvalue weighted by Gasteiger charge is 2.22. The van der Waals surface area contributed by atoms with Gasteiger partial charge in [0, 0.05) is 10.7 Å². The zero-order valence-electron chi connectivity index (χ0n) is 10.7. The van der Waals surface area contributed by atoms with E-state index in [1.807, 2.05) is 31.2 Å². The van der Waals surface area contributed by atoms with Gasteiger partial charge in [0.15, 0.2) is 0 Å². The molecule has 2 aromatic rings. The van der Waals surface area contributed by atoms with Crippen LogP contribution in [0.4, 0.5) is 10.1 Å². The van der Waals surface area contributed by atoms with Crippen LogP contribution in [0.3, 0.4) is 0 Å². The first-order valence-electron chi connectivity index (χ1n) is 6.44. The zero-order chi connectivity index (χ0) is 13.4. The van der Waals surface area contributed by atoms with E-state index in [-0.39, 0.29) is 11.9 Å². The molecule has 3 heteroatoms. The molecule has 19 heavy (non-hydrogen) atoms. The summed E-state index contributed by atoms with van der Waals surface area (Å²) in [6.45, 7) is 2.04. The Balaban J connectivity index is 1.86. The molecule has 0 aliphatic heterocycles. The molecule has 0 saturated carbocycles. The van der Waals surface area contributed by atoms with Crippen molar-refractivity contribution in [3.05, 3.63) is 63.9 Å². The molecule has 1 nitrogen and oxygen atoms in total. The largest absolute Gasteiger partial charge is 0.378 e. The molecule has 0 heterocycles. The van der Waals surface area contributed by atoms with Gasteiger partial charge >= 0.3 is 0 Å². The number of aryl methyl sites for hydroxylation is 2. The minimum absolute atomic E-state index is 0.151. The van der Waals surface area contributed by atoms with Crippen LogP contribution >= 0.6 is 11.6 Å². The lowest BCUT2D eigenvalue weighted by Gasteiger charge is -2.17. The summed E-state index contributed by atoms with van der Waals surface area (Å²) in [4.78, 5) is 0. The Morgan fingerprint density at radius 2 is 2.05 bits per heavy atom. The number of rotatable bonds is 2. The molecular weight excluding hydrogens is 261 g/mol. The summed E-state index contributed by atoms with van der Waals surface area (Å²) >= 11 is 5.96. The topological polar surface area (TPSA) is 12.0 Å². The van der Waals surface area contributed by atoms with Crippen LogP contribution in [0.15, 0.2) is 36.4 Å². The van der Waals surface area contributed by atoms with Gasteiger partial charge in [0.1, 0.15) is 5.82 Å². The Labute approximate surface area is 117 Å². The number of hydrogen-bond donors (Lipinski definition) is 1. The van der Waals surface area contributed by atoms with Gasteiger partial charge < -0.3 is 5.32 Å². The Bertz CT molecular complexity index is 624. The van der Waals surface area contributed by atoms with Gasteiger partial charge in [0.2, 0.25) is 0 Å². The standard InChI is InChI=1S/C16H15ClFN/c1-10-8-12(17)3-7-15(10)19-16-6-2-11-9-13(18)4-5-14(11)16/h3-5,7-9,16,19H,2,6H2,1H3. The third-order valence-corrected chi connectivity index (χ3v) is 3.94. The van der Waals surface area contributed by atoms with E-state index >= 15 is 0 Å². The summed E-state index contributed by atoms with van der Waals surface area (Å²) in [5.41, 5.74) is 4.54. The van der Waals surface area contributed by atoms with Crippen molar-refractivity contribution in [2.75, 3.05) is 5.32 Å². The molecule has 2 aromatic carbocycles. The molecule has 1 aliphatic rings. The van der Waals surface area contributed by atoms with Crippen LogP contribution in [0.5, 0.6) is 0 Å². The summed E-state index contributed by atoms with van der Waals surface area (Å²) < 4.78 is 13.2. The second-order valence-corrected chi connectivity index (χ2v) is 5.47. The van der Waals surface area contributed by atoms with Crippen molar-refractivity contribution in [3.8, 4) is 0 Å². The summed E-state index contributed by atoms with van der Waals surface area (Å²) in [6.07, 6.45) is 1.93. The third-order valence-electron chi connectivity index (χ3n) is 3.70. The van der Waals surface area contributed by atoms with E-state index in [4.69, 9.17) is 11.6 Å². The van der Waals surface area contributed by atoms with Crippen molar-refractivity contribution in [3.63, 3.8) is 0 Å². The number of anilines is 1. The molecule has 1 N–H and O–H groups in total. The average molecular weight is 276 g/mol. The second kappa shape index (κ2) is 4.86. The highest BCUT2D eigenvalue weighted by molar-refractivity contribution is 6.30. The predicted octanol–water partition coefficient (Wildman–Crippen LogP) is 4.89. The van der Waals surface area contributed by atoms with E-state index in [1.54, 1.807) is 6.07 Å². The maximum atomic E-state index is 13.2. The molecule has 0 radical (unpaired) electrons. The smallest absolute Gasteiger partial charge is 0.123 e. The average Bonchev–Trinajstić information content (AvgIpc) is 2.75. The molecule has 1 atom stereocenters. The Morgan fingerprint density at radius 1 is 1.21 bits per heavy atom. The number of benzene rings is 2. The monoisotopic (exact) mass is 275 g/mol. The molecule has 0 amide bonds. The molecule has 0 fully saturated rings. The summed E-state index contributed by atoms with van der Waals surface area (Å²) in [6, 6.07) is 11.2. The number of nitrogens with one attached hydrogen (secondary N) is 1. The SMILES string of the molecule is Cc1cc(Cl)ccc1NC1CCc2cc(F)ccc21. The van der Waals surface area contributed by atoms with Crippen molar-refractivity contribution in [2.24, 2.45) is 0 Å². The van der Waals surface area contributed by atoms with Crippen LogP contribution in [-0.2, 0) is 6.42 Å². The molecule has 0 bridgehead atoms. The molecule has 1 aliphatic carbocycles. The lowest BCUT2D eigenvalue weighted by Crippen LogP contribution is -2.08. The fourth-order valence-electron chi connectivity index (χ4n) is 2.71. The second-order valence-electron chi connectivity index (χ2n) is 5.04. The zero-order valence-corrected chi connectivity index (χ0v) is 11.5. The van der Waals surface area contributed by atoms with E-state index in [9.17, 15) is 4.39 Å². The Kier molecular flexibility index (Phi) is 3.19. The first kappa shape index (κ1) is 12.5. The molecule has 0 spiro atoms. The fourth-order valence-corrected chi connectivity index (χ4v) is 2.94. The van der Waals surface area contributed by atoms with E-state index in [1.165, 1.54) is 11.6 Å². The van der Waals surface area contributed by atoms with Crippen LogP contribution in [0.25, 0.3) is 0 Å². The molecule has 0 aromatic heterocycles. The first-order valence-corrected chi connectivity index (χ1v) is 6.82.